The minimum absolute atomic E-state index is 0.217. The van der Waals surface area contributed by atoms with Gasteiger partial charge in [0.1, 0.15) is 5.02 Å². The van der Waals surface area contributed by atoms with Crippen LogP contribution in [0.2, 0.25) is 10.3 Å². The van der Waals surface area contributed by atoms with Crippen LogP contribution in [-0.4, -0.2) is 23.6 Å². The Morgan fingerprint density at radius 3 is 2.75 bits per heavy atom. The Morgan fingerprint density at radius 2 is 2.17 bits per heavy atom. The van der Waals surface area contributed by atoms with Crippen molar-refractivity contribution in [2.24, 2.45) is 0 Å². The summed E-state index contributed by atoms with van der Waals surface area (Å²) in [6, 6.07) is 0. The molecule has 0 unspecified atom stereocenters. The molecule has 5 heteroatoms. The highest BCUT2D eigenvalue weighted by Gasteiger charge is 2.06. The van der Waals surface area contributed by atoms with Crippen LogP contribution in [-0.2, 0) is 0 Å². The van der Waals surface area contributed by atoms with E-state index in [9.17, 15) is 0 Å². The Kier molecular flexibility index (Phi) is 3.12. The molecule has 0 saturated carbocycles. The Hall–Kier alpha value is -0.540. The standard InChI is InChI=1S/C7H9Cl2N3/c1-3-12(2)6-5(8)4-10-7(9)11-6/h4H,3H2,1-2H3. The average Bonchev–Trinajstić information content (AvgIpc) is 2.08. The van der Waals surface area contributed by atoms with Crippen LogP contribution in [0.5, 0.6) is 0 Å². The molecular formula is C7H9Cl2N3. The summed E-state index contributed by atoms with van der Waals surface area (Å²) in [6.07, 6.45) is 1.50. The first-order valence-electron chi connectivity index (χ1n) is 3.54. The van der Waals surface area contributed by atoms with Crippen LogP contribution in [0.3, 0.4) is 0 Å². The Labute approximate surface area is 81.3 Å². The molecule has 1 aromatic heterocycles. The molecule has 3 nitrogen and oxygen atoms in total. The lowest BCUT2D eigenvalue weighted by molar-refractivity contribution is 0.929. The molecule has 0 bridgehead atoms. The van der Waals surface area contributed by atoms with Gasteiger partial charge in [0.2, 0.25) is 5.28 Å². The van der Waals surface area contributed by atoms with E-state index in [2.05, 4.69) is 9.97 Å². The fourth-order valence-electron chi connectivity index (χ4n) is 0.755. The van der Waals surface area contributed by atoms with Crippen molar-refractivity contribution in [1.82, 2.24) is 9.97 Å². The Balaban J connectivity index is 3.04. The second kappa shape index (κ2) is 3.92. The van der Waals surface area contributed by atoms with E-state index < -0.39 is 0 Å². The highest BCUT2D eigenvalue weighted by atomic mass is 35.5. The van der Waals surface area contributed by atoms with Gasteiger partial charge in [-0.25, -0.2) is 4.98 Å². The molecule has 0 amide bonds. The minimum Gasteiger partial charge on any atom is -0.359 e. The van der Waals surface area contributed by atoms with Crippen LogP contribution in [0.4, 0.5) is 5.82 Å². The molecule has 0 aliphatic rings. The average molecular weight is 206 g/mol. The van der Waals surface area contributed by atoms with E-state index in [-0.39, 0.29) is 5.28 Å². The van der Waals surface area contributed by atoms with Gasteiger partial charge in [0, 0.05) is 13.6 Å². The van der Waals surface area contributed by atoms with E-state index >= 15 is 0 Å². The fraction of sp³-hybridized carbons (Fsp3) is 0.429. The molecule has 0 aliphatic heterocycles. The molecule has 0 fully saturated rings. The summed E-state index contributed by atoms with van der Waals surface area (Å²) in [4.78, 5) is 9.64. The zero-order valence-electron chi connectivity index (χ0n) is 6.88. The first kappa shape index (κ1) is 9.55. The van der Waals surface area contributed by atoms with E-state index in [4.69, 9.17) is 23.2 Å². The molecule has 0 N–H and O–H groups in total. The molecule has 0 atom stereocenters. The molecule has 66 valence electrons. The number of nitrogens with zero attached hydrogens (tertiary/aromatic N) is 3. The summed E-state index contributed by atoms with van der Waals surface area (Å²) >= 11 is 11.5. The van der Waals surface area contributed by atoms with Crippen molar-refractivity contribution in [3.05, 3.63) is 16.5 Å². The minimum atomic E-state index is 0.217. The Bertz CT molecular complexity index is 277. The van der Waals surface area contributed by atoms with E-state index in [1.807, 2.05) is 18.9 Å². The van der Waals surface area contributed by atoms with Gasteiger partial charge in [0.05, 0.1) is 6.20 Å². The van der Waals surface area contributed by atoms with Gasteiger partial charge in [0.25, 0.3) is 0 Å². The summed E-state index contributed by atoms with van der Waals surface area (Å²) in [7, 11) is 1.89. The molecule has 1 aromatic rings. The second-order valence-corrected chi connectivity index (χ2v) is 3.07. The summed E-state index contributed by atoms with van der Waals surface area (Å²) in [5.74, 6) is 0.666. The smallest absolute Gasteiger partial charge is 0.224 e. The van der Waals surface area contributed by atoms with Crippen LogP contribution < -0.4 is 4.90 Å². The highest BCUT2D eigenvalue weighted by molar-refractivity contribution is 6.33. The van der Waals surface area contributed by atoms with Crippen molar-refractivity contribution in [3.63, 3.8) is 0 Å². The van der Waals surface area contributed by atoms with Crippen LogP contribution in [0.15, 0.2) is 6.20 Å². The molecule has 1 heterocycles. The van der Waals surface area contributed by atoms with Crippen molar-refractivity contribution in [3.8, 4) is 0 Å². The van der Waals surface area contributed by atoms with Gasteiger partial charge in [-0.05, 0) is 18.5 Å². The predicted octanol–water partition coefficient (Wildman–Crippen LogP) is 2.24. The predicted molar refractivity (Wildman–Crippen MR) is 51.0 cm³/mol. The number of aromatic nitrogens is 2. The lowest BCUT2D eigenvalue weighted by atomic mass is 10.5. The third-order valence-corrected chi connectivity index (χ3v) is 1.98. The number of halogens is 2. The normalized spacial score (nSPS) is 10.0. The van der Waals surface area contributed by atoms with Gasteiger partial charge in [-0.15, -0.1) is 0 Å². The maximum absolute atomic E-state index is 5.84. The maximum Gasteiger partial charge on any atom is 0.224 e. The third kappa shape index (κ3) is 1.99. The number of anilines is 1. The van der Waals surface area contributed by atoms with E-state index in [1.54, 1.807) is 0 Å². The molecule has 0 aliphatic carbocycles. The molecule has 12 heavy (non-hydrogen) atoms. The Morgan fingerprint density at radius 1 is 1.50 bits per heavy atom. The van der Waals surface area contributed by atoms with Crippen molar-refractivity contribution in [2.75, 3.05) is 18.5 Å². The van der Waals surface area contributed by atoms with Crippen molar-refractivity contribution >= 4 is 29.0 Å². The van der Waals surface area contributed by atoms with Crippen LogP contribution in [0.25, 0.3) is 0 Å². The van der Waals surface area contributed by atoms with Gasteiger partial charge < -0.3 is 4.90 Å². The summed E-state index contributed by atoms with van der Waals surface area (Å²) in [6.45, 7) is 2.83. The van der Waals surface area contributed by atoms with Crippen molar-refractivity contribution < 1.29 is 0 Å². The quantitative estimate of drug-likeness (QED) is 0.694. The van der Waals surface area contributed by atoms with Crippen molar-refractivity contribution in [1.29, 1.82) is 0 Å². The molecular weight excluding hydrogens is 197 g/mol. The molecule has 0 radical (unpaired) electrons. The zero-order valence-corrected chi connectivity index (χ0v) is 8.39. The van der Waals surface area contributed by atoms with Gasteiger partial charge in [0.15, 0.2) is 5.82 Å². The van der Waals surface area contributed by atoms with Crippen molar-refractivity contribution in [2.45, 2.75) is 6.92 Å². The SMILES string of the molecule is CCN(C)c1nc(Cl)ncc1Cl. The van der Waals surface area contributed by atoms with Gasteiger partial charge in [-0.1, -0.05) is 11.6 Å². The van der Waals surface area contributed by atoms with Crippen LogP contribution in [0, 0.1) is 0 Å². The monoisotopic (exact) mass is 205 g/mol. The molecule has 0 spiro atoms. The van der Waals surface area contributed by atoms with Gasteiger partial charge in [-0.3, -0.25) is 0 Å². The largest absolute Gasteiger partial charge is 0.359 e. The highest BCUT2D eigenvalue weighted by Crippen LogP contribution is 2.22. The molecule has 0 aromatic carbocycles. The van der Waals surface area contributed by atoms with E-state index in [0.29, 0.717) is 10.8 Å². The number of rotatable bonds is 2. The second-order valence-electron chi connectivity index (χ2n) is 2.32. The van der Waals surface area contributed by atoms with Crippen LogP contribution >= 0.6 is 23.2 Å². The van der Waals surface area contributed by atoms with Gasteiger partial charge in [-0.2, -0.15) is 4.98 Å². The molecule has 0 saturated heterocycles. The van der Waals surface area contributed by atoms with E-state index in [1.165, 1.54) is 6.20 Å². The summed E-state index contributed by atoms with van der Waals surface area (Å²) < 4.78 is 0. The first-order chi connectivity index (χ1) is 5.65. The fourth-order valence-corrected chi connectivity index (χ4v) is 1.12. The number of hydrogen-bond acceptors (Lipinski definition) is 3. The maximum atomic E-state index is 5.84. The third-order valence-electron chi connectivity index (χ3n) is 1.53. The zero-order chi connectivity index (χ0) is 9.14. The van der Waals surface area contributed by atoms with Gasteiger partial charge >= 0.3 is 0 Å². The lowest BCUT2D eigenvalue weighted by Gasteiger charge is -2.16. The van der Waals surface area contributed by atoms with Crippen LogP contribution in [0.1, 0.15) is 6.92 Å². The summed E-state index contributed by atoms with van der Waals surface area (Å²) in [5.41, 5.74) is 0. The lowest BCUT2D eigenvalue weighted by Crippen LogP contribution is -2.17. The molecule has 1 rings (SSSR count). The van der Waals surface area contributed by atoms with E-state index in [0.717, 1.165) is 6.54 Å². The number of hydrogen-bond donors (Lipinski definition) is 0. The topological polar surface area (TPSA) is 29.0 Å². The first-order valence-corrected chi connectivity index (χ1v) is 4.30. The summed E-state index contributed by atoms with van der Waals surface area (Å²) in [5, 5.41) is 0.735.